The van der Waals surface area contributed by atoms with Crippen molar-refractivity contribution in [2.45, 2.75) is 0 Å². The first kappa shape index (κ1) is 14.2. The van der Waals surface area contributed by atoms with Crippen LogP contribution in [0.25, 0.3) is 10.9 Å². The summed E-state index contributed by atoms with van der Waals surface area (Å²) in [6.07, 6.45) is 2.02. The number of hydrogen-bond acceptors (Lipinski definition) is 3. The van der Waals surface area contributed by atoms with Gasteiger partial charge < -0.3 is 4.90 Å². The van der Waals surface area contributed by atoms with Gasteiger partial charge in [-0.2, -0.15) is 11.8 Å². The summed E-state index contributed by atoms with van der Waals surface area (Å²) >= 11 is 7.91. The van der Waals surface area contributed by atoms with Gasteiger partial charge in [-0.1, -0.05) is 29.8 Å². The molecule has 0 aliphatic carbocycles. The fourth-order valence-electron chi connectivity index (χ4n) is 1.77. The molecule has 0 bridgehead atoms. The fourth-order valence-corrected chi connectivity index (χ4v) is 2.49. The number of aromatic nitrogens is 1. The van der Waals surface area contributed by atoms with Gasteiger partial charge in [-0.3, -0.25) is 4.79 Å². The third kappa shape index (κ3) is 3.19. The zero-order valence-corrected chi connectivity index (χ0v) is 12.5. The molecule has 5 heteroatoms. The number of para-hydroxylation sites is 1. The number of hydrogen-bond donors (Lipinski definition) is 0. The summed E-state index contributed by atoms with van der Waals surface area (Å²) in [5, 5.41) is 1.43. The summed E-state index contributed by atoms with van der Waals surface area (Å²) in [7, 11) is 1.78. The van der Waals surface area contributed by atoms with Gasteiger partial charge in [-0.15, -0.1) is 0 Å². The van der Waals surface area contributed by atoms with Gasteiger partial charge in [0.1, 0.15) is 5.69 Å². The van der Waals surface area contributed by atoms with E-state index in [1.807, 2.05) is 30.5 Å². The number of halogens is 1. The number of carbonyl (C=O) groups is 1. The van der Waals surface area contributed by atoms with Crippen molar-refractivity contribution in [1.82, 2.24) is 9.88 Å². The van der Waals surface area contributed by atoms with Crippen LogP contribution >= 0.6 is 23.4 Å². The maximum Gasteiger partial charge on any atom is 0.272 e. The minimum atomic E-state index is -0.0956. The summed E-state index contributed by atoms with van der Waals surface area (Å²) in [4.78, 5) is 18.3. The Kier molecular flexibility index (Phi) is 4.66. The van der Waals surface area contributed by atoms with Crippen LogP contribution < -0.4 is 0 Å². The molecule has 0 unspecified atom stereocenters. The third-order valence-corrected chi connectivity index (χ3v) is 3.77. The van der Waals surface area contributed by atoms with Gasteiger partial charge in [0, 0.05) is 24.7 Å². The Hall–Kier alpha value is -1.26. The lowest BCUT2D eigenvalue weighted by atomic mass is 10.2. The van der Waals surface area contributed by atoms with Crippen LogP contribution in [0.5, 0.6) is 0 Å². The van der Waals surface area contributed by atoms with E-state index < -0.39 is 0 Å². The minimum Gasteiger partial charge on any atom is -0.340 e. The van der Waals surface area contributed by atoms with Crippen molar-refractivity contribution >= 4 is 40.2 Å². The van der Waals surface area contributed by atoms with Crippen LogP contribution in [0.4, 0.5) is 0 Å². The van der Waals surface area contributed by atoms with Gasteiger partial charge in [0.25, 0.3) is 5.91 Å². The number of thioether (sulfide) groups is 1. The van der Waals surface area contributed by atoms with E-state index in [0.717, 1.165) is 16.7 Å². The molecule has 19 heavy (non-hydrogen) atoms. The molecule has 1 amide bonds. The van der Waals surface area contributed by atoms with Crippen LogP contribution in [0.3, 0.4) is 0 Å². The molecule has 0 fully saturated rings. The quantitative estimate of drug-likeness (QED) is 0.867. The van der Waals surface area contributed by atoms with E-state index >= 15 is 0 Å². The van der Waals surface area contributed by atoms with Crippen molar-refractivity contribution in [2.75, 3.05) is 25.6 Å². The number of benzene rings is 1. The molecule has 1 aromatic carbocycles. The third-order valence-electron chi connectivity index (χ3n) is 2.86. The van der Waals surface area contributed by atoms with Crippen LogP contribution in [0, 0.1) is 0 Å². The molecule has 1 heterocycles. The van der Waals surface area contributed by atoms with E-state index in [9.17, 15) is 4.79 Å². The van der Waals surface area contributed by atoms with Gasteiger partial charge in [0.15, 0.2) is 0 Å². The lowest BCUT2D eigenvalue weighted by Gasteiger charge is -2.16. The highest BCUT2D eigenvalue weighted by atomic mass is 35.5. The van der Waals surface area contributed by atoms with Gasteiger partial charge in [-0.05, 0) is 18.4 Å². The van der Waals surface area contributed by atoms with E-state index in [1.54, 1.807) is 29.8 Å². The lowest BCUT2D eigenvalue weighted by molar-refractivity contribution is 0.0798. The van der Waals surface area contributed by atoms with Gasteiger partial charge in [0.2, 0.25) is 0 Å². The van der Waals surface area contributed by atoms with Crippen LogP contribution in [-0.4, -0.2) is 41.4 Å². The van der Waals surface area contributed by atoms with Crippen molar-refractivity contribution in [3.8, 4) is 0 Å². The number of carbonyl (C=O) groups excluding carboxylic acids is 1. The SMILES string of the molecule is CSCCN(C)C(=O)c1cc(Cl)c2ccccc2n1. The van der Waals surface area contributed by atoms with Gasteiger partial charge in [0.05, 0.1) is 10.5 Å². The highest BCUT2D eigenvalue weighted by Gasteiger charge is 2.15. The minimum absolute atomic E-state index is 0.0956. The first-order valence-electron chi connectivity index (χ1n) is 5.93. The Morgan fingerprint density at radius 3 is 2.89 bits per heavy atom. The predicted molar refractivity (Wildman–Crippen MR) is 82.1 cm³/mol. The smallest absolute Gasteiger partial charge is 0.272 e. The molecular formula is C14H15ClN2OS. The lowest BCUT2D eigenvalue weighted by Crippen LogP contribution is -2.29. The molecule has 0 atom stereocenters. The number of nitrogens with zero attached hydrogens (tertiary/aromatic N) is 2. The fraction of sp³-hybridized carbons (Fsp3) is 0.286. The van der Waals surface area contributed by atoms with Crippen LogP contribution in [-0.2, 0) is 0 Å². The molecule has 0 saturated carbocycles. The molecule has 0 aliphatic heterocycles. The molecule has 2 rings (SSSR count). The summed E-state index contributed by atoms with van der Waals surface area (Å²) < 4.78 is 0. The Morgan fingerprint density at radius 2 is 2.16 bits per heavy atom. The number of amides is 1. The van der Waals surface area contributed by atoms with Gasteiger partial charge >= 0.3 is 0 Å². The zero-order valence-electron chi connectivity index (χ0n) is 10.9. The first-order chi connectivity index (χ1) is 9.13. The average Bonchev–Trinajstić information content (AvgIpc) is 2.43. The largest absolute Gasteiger partial charge is 0.340 e. The van der Waals surface area contributed by atoms with E-state index in [4.69, 9.17) is 11.6 Å². The van der Waals surface area contributed by atoms with Crippen LogP contribution in [0.1, 0.15) is 10.5 Å². The molecule has 0 N–H and O–H groups in total. The van der Waals surface area contributed by atoms with E-state index in [0.29, 0.717) is 17.3 Å². The highest BCUT2D eigenvalue weighted by Crippen LogP contribution is 2.23. The monoisotopic (exact) mass is 294 g/mol. The van der Waals surface area contributed by atoms with E-state index in [1.165, 1.54) is 0 Å². The maximum atomic E-state index is 12.2. The van der Waals surface area contributed by atoms with Crippen molar-refractivity contribution in [3.05, 3.63) is 41.0 Å². The van der Waals surface area contributed by atoms with Crippen molar-refractivity contribution < 1.29 is 4.79 Å². The summed E-state index contributed by atoms with van der Waals surface area (Å²) in [6, 6.07) is 9.19. The van der Waals surface area contributed by atoms with Gasteiger partial charge in [-0.25, -0.2) is 4.98 Å². The van der Waals surface area contributed by atoms with E-state index in [2.05, 4.69) is 4.98 Å². The second-order valence-corrected chi connectivity index (χ2v) is 5.62. The zero-order chi connectivity index (χ0) is 13.8. The summed E-state index contributed by atoms with van der Waals surface area (Å²) in [6.45, 7) is 0.701. The molecular weight excluding hydrogens is 280 g/mol. The summed E-state index contributed by atoms with van der Waals surface area (Å²) in [5.74, 6) is 0.811. The Morgan fingerprint density at radius 1 is 1.42 bits per heavy atom. The number of rotatable bonds is 4. The molecule has 0 radical (unpaired) electrons. The second kappa shape index (κ2) is 6.26. The molecule has 0 spiro atoms. The molecule has 1 aromatic heterocycles. The van der Waals surface area contributed by atoms with Crippen molar-refractivity contribution in [1.29, 1.82) is 0 Å². The van der Waals surface area contributed by atoms with E-state index in [-0.39, 0.29) is 5.91 Å². The average molecular weight is 295 g/mol. The number of fused-ring (bicyclic) bond motifs is 1. The molecule has 3 nitrogen and oxygen atoms in total. The predicted octanol–water partition coefficient (Wildman–Crippen LogP) is 3.32. The topological polar surface area (TPSA) is 33.2 Å². The highest BCUT2D eigenvalue weighted by molar-refractivity contribution is 7.98. The molecule has 100 valence electrons. The molecule has 2 aromatic rings. The van der Waals surface area contributed by atoms with Crippen molar-refractivity contribution in [3.63, 3.8) is 0 Å². The number of pyridine rings is 1. The molecule has 0 saturated heterocycles. The maximum absolute atomic E-state index is 12.2. The standard InChI is InChI=1S/C14H15ClN2OS/c1-17(7-8-19-2)14(18)13-9-11(15)10-5-3-4-6-12(10)16-13/h3-6,9H,7-8H2,1-2H3. The Balaban J connectivity index is 2.32. The summed E-state index contributed by atoms with van der Waals surface area (Å²) in [5.41, 5.74) is 1.14. The normalized spacial score (nSPS) is 10.7. The van der Waals surface area contributed by atoms with Crippen molar-refractivity contribution in [2.24, 2.45) is 0 Å². The first-order valence-corrected chi connectivity index (χ1v) is 7.70. The molecule has 0 aliphatic rings. The van der Waals surface area contributed by atoms with Crippen LogP contribution in [0.15, 0.2) is 30.3 Å². The Bertz CT molecular complexity index is 603. The van der Waals surface area contributed by atoms with Crippen LogP contribution in [0.2, 0.25) is 5.02 Å². The Labute approximate surface area is 122 Å². The second-order valence-electron chi connectivity index (χ2n) is 4.23.